The zero-order valence-electron chi connectivity index (χ0n) is 7.83. The van der Waals surface area contributed by atoms with Gasteiger partial charge in [0.1, 0.15) is 17.9 Å². The summed E-state index contributed by atoms with van der Waals surface area (Å²) in [6.07, 6.45) is 0. The monoisotopic (exact) mass is 210 g/mol. The van der Waals surface area contributed by atoms with Crippen LogP contribution in [0.4, 0.5) is 4.39 Å². The Labute approximate surface area is 82.6 Å². The highest BCUT2D eigenvalue weighted by atomic mass is 19.1. The van der Waals surface area contributed by atoms with Crippen LogP contribution >= 0.6 is 0 Å². The van der Waals surface area contributed by atoms with E-state index in [1.165, 1.54) is 6.07 Å². The molecule has 0 aliphatic heterocycles. The smallest absolute Gasteiger partial charge is 0.337 e. The van der Waals surface area contributed by atoms with Crippen molar-refractivity contribution in [2.45, 2.75) is 13.6 Å². The molecule has 0 aliphatic carbocycles. The molecule has 78 valence electrons. The Kier molecular flexibility index (Phi) is 2.11. The fourth-order valence-electron chi connectivity index (χ4n) is 1.36. The number of aromatic amines is 1. The third-order valence-corrected chi connectivity index (χ3v) is 1.99. The van der Waals surface area contributed by atoms with Gasteiger partial charge in [-0.2, -0.15) is 4.98 Å². The molecule has 0 aliphatic rings. The van der Waals surface area contributed by atoms with Crippen LogP contribution < -0.4 is 11.2 Å². The first-order valence-electron chi connectivity index (χ1n) is 4.21. The van der Waals surface area contributed by atoms with Gasteiger partial charge in [-0.25, -0.2) is 9.18 Å². The molecule has 0 saturated heterocycles. The van der Waals surface area contributed by atoms with Gasteiger partial charge in [-0.15, -0.1) is 0 Å². The molecule has 0 spiro atoms. The van der Waals surface area contributed by atoms with Gasteiger partial charge in [0.05, 0.1) is 0 Å². The molecule has 0 unspecified atom stereocenters. The lowest BCUT2D eigenvalue weighted by atomic mass is 10.2. The summed E-state index contributed by atoms with van der Waals surface area (Å²) in [7, 11) is 0. The Morgan fingerprint density at radius 2 is 2.27 bits per heavy atom. The summed E-state index contributed by atoms with van der Waals surface area (Å²) < 4.78 is 17.0. The third-order valence-electron chi connectivity index (χ3n) is 1.99. The van der Waals surface area contributed by atoms with Gasteiger partial charge in [0.2, 0.25) is 5.71 Å². The van der Waals surface area contributed by atoms with Crippen molar-refractivity contribution < 1.29 is 8.81 Å². The van der Waals surface area contributed by atoms with Gasteiger partial charge in [0, 0.05) is 6.07 Å². The van der Waals surface area contributed by atoms with E-state index in [1.807, 2.05) is 0 Å². The maximum atomic E-state index is 12.3. The maximum Gasteiger partial charge on any atom is 0.337 e. The SMILES string of the molecule is Cc1cc(=O)oc2nc(CF)[nH]c(=O)c12. The molecule has 2 aromatic heterocycles. The lowest BCUT2D eigenvalue weighted by Crippen LogP contribution is -2.14. The average Bonchev–Trinajstić information content (AvgIpc) is 2.15. The van der Waals surface area contributed by atoms with E-state index in [-0.39, 0.29) is 16.9 Å². The molecule has 5 nitrogen and oxygen atoms in total. The topological polar surface area (TPSA) is 76.0 Å². The molecule has 15 heavy (non-hydrogen) atoms. The Morgan fingerprint density at radius 3 is 2.93 bits per heavy atom. The summed E-state index contributed by atoms with van der Waals surface area (Å²) in [4.78, 5) is 28.4. The second-order valence-electron chi connectivity index (χ2n) is 3.07. The fraction of sp³-hybridized carbons (Fsp3) is 0.222. The van der Waals surface area contributed by atoms with Crippen molar-refractivity contribution in [1.82, 2.24) is 9.97 Å². The molecule has 0 aromatic carbocycles. The van der Waals surface area contributed by atoms with Crippen LogP contribution in [0.1, 0.15) is 11.4 Å². The van der Waals surface area contributed by atoms with Crippen molar-refractivity contribution in [3.8, 4) is 0 Å². The van der Waals surface area contributed by atoms with Gasteiger partial charge in [-0.05, 0) is 12.5 Å². The quantitative estimate of drug-likeness (QED) is 0.749. The van der Waals surface area contributed by atoms with Gasteiger partial charge in [-0.3, -0.25) is 4.79 Å². The molecule has 2 heterocycles. The number of nitrogens with zero attached hydrogens (tertiary/aromatic N) is 1. The molecular formula is C9H7FN2O3. The van der Waals surface area contributed by atoms with Crippen LogP contribution in [0.5, 0.6) is 0 Å². The Morgan fingerprint density at radius 1 is 1.53 bits per heavy atom. The number of rotatable bonds is 1. The number of aryl methyl sites for hydroxylation is 1. The normalized spacial score (nSPS) is 10.8. The van der Waals surface area contributed by atoms with E-state index in [1.54, 1.807) is 6.92 Å². The highest BCUT2D eigenvalue weighted by molar-refractivity contribution is 5.75. The van der Waals surface area contributed by atoms with Crippen molar-refractivity contribution in [3.63, 3.8) is 0 Å². The number of halogens is 1. The summed E-state index contributed by atoms with van der Waals surface area (Å²) in [5.41, 5.74) is -0.784. The minimum absolute atomic E-state index is 0.128. The van der Waals surface area contributed by atoms with E-state index in [0.29, 0.717) is 5.56 Å². The molecule has 1 N–H and O–H groups in total. The number of aromatic nitrogens is 2. The van der Waals surface area contributed by atoms with E-state index >= 15 is 0 Å². The highest BCUT2D eigenvalue weighted by Crippen LogP contribution is 2.08. The summed E-state index contributed by atoms with van der Waals surface area (Å²) >= 11 is 0. The molecule has 6 heteroatoms. The molecule has 0 radical (unpaired) electrons. The molecule has 0 saturated carbocycles. The largest absolute Gasteiger partial charge is 0.403 e. The van der Waals surface area contributed by atoms with Gasteiger partial charge < -0.3 is 9.40 Å². The first-order valence-corrected chi connectivity index (χ1v) is 4.21. The van der Waals surface area contributed by atoms with Crippen molar-refractivity contribution in [2.75, 3.05) is 0 Å². The lowest BCUT2D eigenvalue weighted by Gasteiger charge is -1.99. The van der Waals surface area contributed by atoms with Crippen LogP contribution in [0.25, 0.3) is 11.1 Å². The average molecular weight is 210 g/mol. The van der Waals surface area contributed by atoms with Gasteiger partial charge in [-0.1, -0.05) is 0 Å². The maximum absolute atomic E-state index is 12.3. The van der Waals surface area contributed by atoms with E-state index in [2.05, 4.69) is 9.97 Å². The second-order valence-corrected chi connectivity index (χ2v) is 3.07. The standard InChI is InChI=1S/C9H7FN2O3/c1-4-2-6(13)15-9-7(4)8(14)11-5(3-10)12-9/h2H,3H2,1H3,(H,11,12,14). The van der Waals surface area contributed by atoms with Crippen molar-refractivity contribution in [3.05, 3.63) is 38.2 Å². The van der Waals surface area contributed by atoms with Crippen LogP contribution in [0, 0.1) is 6.92 Å². The Hall–Kier alpha value is -1.98. The van der Waals surface area contributed by atoms with Crippen LogP contribution in [-0.2, 0) is 6.67 Å². The molecular weight excluding hydrogens is 203 g/mol. The van der Waals surface area contributed by atoms with Gasteiger partial charge >= 0.3 is 5.63 Å². The Balaban J connectivity index is 2.98. The zero-order valence-corrected chi connectivity index (χ0v) is 7.83. The van der Waals surface area contributed by atoms with Crippen molar-refractivity contribution in [1.29, 1.82) is 0 Å². The fourth-order valence-corrected chi connectivity index (χ4v) is 1.36. The summed E-state index contributed by atoms with van der Waals surface area (Å²) in [6.45, 7) is 0.675. The summed E-state index contributed by atoms with van der Waals surface area (Å²) in [6, 6.07) is 1.19. The minimum Gasteiger partial charge on any atom is -0.403 e. The predicted molar refractivity (Wildman–Crippen MR) is 50.4 cm³/mol. The highest BCUT2D eigenvalue weighted by Gasteiger charge is 2.09. The summed E-state index contributed by atoms with van der Waals surface area (Å²) in [5, 5.41) is 0.173. The number of nitrogens with one attached hydrogen (secondary N) is 1. The first kappa shape index (κ1) is 9.57. The lowest BCUT2D eigenvalue weighted by molar-refractivity contribution is 0.460. The third kappa shape index (κ3) is 1.54. The number of fused-ring (bicyclic) bond motifs is 1. The minimum atomic E-state index is -0.914. The van der Waals surface area contributed by atoms with Crippen molar-refractivity contribution in [2.24, 2.45) is 0 Å². The molecule has 2 rings (SSSR count). The zero-order chi connectivity index (χ0) is 11.0. The van der Waals surface area contributed by atoms with E-state index in [4.69, 9.17) is 4.42 Å². The molecule has 2 aromatic rings. The number of hydrogen-bond acceptors (Lipinski definition) is 4. The number of alkyl halides is 1. The molecule has 0 amide bonds. The second kappa shape index (κ2) is 3.30. The number of hydrogen-bond donors (Lipinski definition) is 1. The van der Waals surface area contributed by atoms with Crippen LogP contribution in [-0.4, -0.2) is 9.97 Å². The van der Waals surface area contributed by atoms with E-state index < -0.39 is 17.9 Å². The first-order chi connectivity index (χ1) is 7.11. The van der Waals surface area contributed by atoms with Crippen LogP contribution in [0.3, 0.4) is 0 Å². The Bertz CT molecular complexity index is 629. The van der Waals surface area contributed by atoms with Gasteiger partial charge in [0.15, 0.2) is 0 Å². The predicted octanol–water partition coefficient (Wildman–Crippen LogP) is 0.654. The molecule has 0 fully saturated rings. The van der Waals surface area contributed by atoms with E-state index in [0.717, 1.165) is 0 Å². The van der Waals surface area contributed by atoms with Gasteiger partial charge in [0.25, 0.3) is 5.56 Å². The van der Waals surface area contributed by atoms with Crippen LogP contribution in [0.2, 0.25) is 0 Å². The van der Waals surface area contributed by atoms with Crippen molar-refractivity contribution >= 4 is 11.1 Å². The van der Waals surface area contributed by atoms with Crippen LogP contribution in [0.15, 0.2) is 20.1 Å². The van der Waals surface area contributed by atoms with E-state index in [9.17, 15) is 14.0 Å². The molecule has 0 atom stereocenters. The summed E-state index contributed by atoms with van der Waals surface area (Å²) in [5.74, 6) is -0.152. The number of H-pyrrole nitrogens is 1. The molecule has 0 bridgehead atoms.